The molecule has 0 radical (unpaired) electrons. The summed E-state index contributed by atoms with van der Waals surface area (Å²) in [5.41, 5.74) is 0.773. The van der Waals surface area contributed by atoms with Crippen molar-refractivity contribution in [3.05, 3.63) is 11.6 Å². The van der Waals surface area contributed by atoms with Gasteiger partial charge in [0.05, 0.1) is 0 Å². The maximum Gasteiger partial charge on any atom is 0.302 e. The van der Waals surface area contributed by atoms with E-state index in [0.29, 0.717) is 11.8 Å². The predicted molar refractivity (Wildman–Crippen MR) is 98.2 cm³/mol. The zero-order valence-corrected chi connectivity index (χ0v) is 16.3. The predicted octanol–water partition coefficient (Wildman–Crippen LogP) is 3.67. The van der Waals surface area contributed by atoms with Crippen LogP contribution in [0.2, 0.25) is 0 Å². The lowest BCUT2D eigenvalue weighted by molar-refractivity contribution is -0.197. The molecule has 0 saturated heterocycles. The van der Waals surface area contributed by atoms with Crippen molar-refractivity contribution < 1.29 is 19.4 Å². The summed E-state index contributed by atoms with van der Waals surface area (Å²) < 4.78 is 5.87. The van der Waals surface area contributed by atoms with Crippen molar-refractivity contribution in [3.63, 3.8) is 0 Å². The van der Waals surface area contributed by atoms with Crippen molar-refractivity contribution in [3.8, 4) is 0 Å². The molecule has 3 saturated carbocycles. The summed E-state index contributed by atoms with van der Waals surface area (Å²) in [5, 5.41) is 10.2. The normalized spacial score (nSPS) is 49.6. The van der Waals surface area contributed by atoms with E-state index in [-0.39, 0.29) is 40.8 Å². The molecule has 7 atom stereocenters. The van der Waals surface area contributed by atoms with E-state index >= 15 is 0 Å². The Morgan fingerprint density at radius 2 is 2.00 bits per heavy atom. The third kappa shape index (κ3) is 2.23. The highest BCUT2D eigenvalue weighted by atomic mass is 16.5. The second-order valence-electron chi connectivity index (χ2n) is 9.90. The summed E-state index contributed by atoms with van der Waals surface area (Å²) >= 11 is 0. The number of hydrogen-bond donors (Lipinski definition) is 1. The SMILES string of the molecule is CC(=O)OC1C2CCC3C4(C)CCCC(C)(CO)C4CCC13C=C2C=O. The van der Waals surface area contributed by atoms with Gasteiger partial charge in [-0.1, -0.05) is 26.3 Å². The van der Waals surface area contributed by atoms with Gasteiger partial charge >= 0.3 is 5.97 Å². The van der Waals surface area contributed by atoms with Crippen LogP contribution in [0.25, 0.3) is 0 Å². The van der Waals surface area contributed by atoms with Crippen LogP contribution in [-0.2, 0) is 14.3 Å². The third-order valence-corrected chi connectivity index (χ3v) is 8.73. The maximum atomic E-state index is 11.8. The van der Waals surface area contributed by atoms with Gasteiger partial charge in [-0.25, -0.2) is 0 Å². The molecule has 26 heavy (non-hydrogen) atoms. The fourth-order valence-corrected chi connectivity index (χ4v) is 7.80. The Balaban J connectivity index is 1.79. The van der Waals surface area contributed by atoms with E-state index in [2.05, 4.69) is 19.9 Å². The molecule has 7 unspecified atom stereocenters. The minimum Gasteiger partial charge on any atom is -0.461 e. The largest absolute Gasteiger partial charge is 0.461 e. The van der Waals surface area contributed by atoms with E-state index in [1.54, 1.807) is 0 Å². The summed E-state index contributed by atoms with van der Waals surface area (Å²) in [6.07, 6.45) is 10.4. The Kier molecular flexibility index (Phi) is 4.15. The van der Waals surface area contributed by atoms with Crippen LogP contribution in [0.1, 0.15) is 65.7 Å². The Morgan fingerprint density at radius 1 is 1.23 bits per heavy atom. The molecule has 0 aromatic rings. The van der Waals surface area contributed by atoms with Crippen molar-refractivity contribution in [1.82, 2.24) is 0 Å². The summed E-state index contributed by atoms with van der Waals surface area (Å²) in [4.78, 5) is 23.6. The zero-order valence-electron chi connectivity index (χ0n) is 16.3. The Morgan fingerprint density at radius 3 is 2.65 bits per heavy atom. The lowest BCUT2D eigenvalue weighted by Gasteiger charge is -2.65. The van der Waals surface area contributed by atoms with Crippen LogP contribution < -0.4 is 0 Å². The van der Waals surface area contributed by atoms with Crippen LogP contribution >= 0.6 is 0 Å². The molecule has 4 nitrogen and oxygen atoms in total. The number of esters is 1. The number of carbonyl (C=O) groups is 2. The van der Waals surface area contributed by atoms with Crippen LogP contribution in [0.4, 0.5) is 0 Å². The molecule has 1 spiro atoms. The number of aliphatic hydroxyl groups excluding tert-OH is 1. The number of hydrogen-bond acceptors (Lipinski definition) is 4. The molecule has 1 N–H and O–H groups in total. The van der Waals surface area contributed by atoms with E-state index < -0.39 is 0 Å². The quantitative estimate of drug-likeness (QED) is 0.616. The molecular weight excluding hydrogens is 328 g/mol. The summed E-state index contributed by atoms with van der Waals surface area (Å²) in [6.45, 7) is 6.40. The first-order valence-corrected chi connectivity index (χ1v) is 10.3. The van der Waals surface area contributed by atoms with E-state index in [9.17, 15) is 14.7 Å². The number of aldehydes is 1. The van der Waals surface area contributed by atoms with Crippen LogP contribution in [0, 0.1) is 34.0 Å². The molecule has 2 bridgehead atoms. The monoisotopic (exact) mass is 360 g/mol. The Labute approximate surface area is 156 Å². The number of carbonyl (C=O) groups excluding carboxylic acids is 2. The van der Waals surface area contributed by atoms with Gasteiger partial charge in [0, 0.05) is 24.9 Å². The van der Waals surface area contributed by atoms with Gasteiger partial charge < -0.3 is 9.84 Å². The molecule has 4 aliphatic rings. The fourth-order valence-electron chi connectivity index (χ4n) is 7.80. The fraction of sp³-hybridized carbons (Fsp3) is 0.818. The van der Waals surface area contributed by atoms with Gasteiger partial charge in [0.15, 0.2) is 0 Å². The average molecular weight is 360 g/mol. The van der Waals surface area contributed by atoms with Crippen molar-refractivity contribution in [2.45, 2.75) is 71.8 Å². The van der Waals surface area contributed by atoms with Crippen LogP contribution in [-0.4, -0.2) is 30.1 Å². The van der Waals surface area contributed by atoms with Crippen LogP contribution in [0.5, 0.6) is 0 Å². The first kappa shape index (κ1) is 18.2. The highest BCUT2D eigenvalue weighted by Gasteiger charge is 2.67. The number of aliphatic hydroxyl groups is 1. The van der Waals surface area contributed by atoms with Crippen molar-refractivity contribution >= 4 is 12.3 Å². The lowest BCUT2D eigenvalue weighted by atomic mass is 9.40. The standard InChI is InChI=1S/C22H32O4/c1-14(25)26-19-16-5-6-18-21(3)9-4-8-20(2,13-24)17(21)7-10-22(18,19)11-15(16)12-23/h11-12,16-19,24H,4-10,13H2,1-3H3. The van der Waals surface area contributed by atoms with Gasteiger partial charge in [-0.2, -0.15) is 0 Å². The minimum absolute atomic E-state index is 0.0157. The molecule has 0 heterocycles. The van der Waals surface area contributed by atoms with Crippen LogP contribution in [0.3, 0.4) is 0 Å². The topological polar surface area (TPSA) is 63.6 Å². The second kappa shape index (κ2) is 5.92. The van der Waals surface area contributed by atoms with E-state index in [4.69, 9.17) is 4.74 Å². The molecule has 0 amide bonds. The van der Waals surface area contributed by atoms with Gasteiger partial charge in [0.1, 0.15) is 12.4 Å². The maximum absolute atomic E-state index is 11.8. The average Bonchev–Trinajstić information content (AvgIpc) is 2.76. The van der Waals surface area contributed by atoms with Crippen molar-refractivity contribution in [2.75, 3.05) is 6.61 Å². The molecule has 144 valence electrons. The zero-order chi connectivity index (χ0) is 18.7. The van der Waals surface area contributed by atoms with Gasteiger partial charge in [0.25, 0.3) is 0 Å². The first-order chi connectivity index (χ1) is 12.3. The molecular formula is C22H32O4. The van der Waals surface area contributed by atoms with Gasteiger partial charge in [-0.3, -0.25) is 9.59 Å². The second-order valence-corrected chi connectivity index (χ2v) is 9.90. The third-order valence-electron chi connectivity index (χ3n) is 8.73. The number of ether oxygens (including phenoxy) is 1. The summed E-state index contributed by atoms with van der Waals surface area (Å²) in [6, 6.07) is 0. The van der Waals surface area contributed by atoms with Crippen molar-refractivity contribution in [1.29, 1.82) is 0 Å². The summed E-state index contributed by atoms with van der Waals surface area (Å²) in [5.74, 6) is 0.739. The van der Waals surface area contributed by atoms with Gasteiger partial charge in [0.2, 0.25) is 0 Å². The minimum atomic E-state index is -0.239. The number of rotatable bonds is 3. The molecule has 0 aromatic heterocycles. The first-order valence-electron chi connectivity index (χ1n) is 10.3. The molecule has 0 aromatic carbocycles. The van der Waals surface area contributed by atoms with Gasteiger partial charge in [-0.05, 0) is 66.8 Å². The molecule has 4 rings (SSSR count). The van der Waals surface area contributed by atoms with E-state index in [0.717, 1.165) is 50.4 Å². The molecule has 4 aliphatic carbocycles. The molecule has 0 aliphatic heterocycles. The van der Waals surface area contributed by atoms with E-state index in [1.807, 2.05) is 0 Å². The number of fused-ring (bicyclic) bond motifs is 3. The molecule has 3 fully saturated rings. The van der Waals surface area contributed by atoms with Crippen molar-refractivity contribution in [2.24, 2.45) is 34.0 Å². The van der Waals surface area contributed by atoms with E-state index in [1.165, 1.54) is 13.3 Å². The Hall–Kier alpha value is -1.16. The lowest BCUT2D eigenvalue weighted by Crippen LogP contribution is -2.61. The van der Waals surface area contributed by atoms with Gasteiger partial charge in [-0.15, -0.1) is 0 Å². The smallest absolute Gasteiger partial charge is 0.302 e. The Bertz CT molecular complexity index is 655. The highest BCUT2D eigenvalue weighted by Crippen LogP contribution is 2.71. The highest BCUT2D eigenvalue weighted by molar-refractivity contribution is 5.77. The summed E-state index contributed by atoms with van der Waals surface area (Å²) in [7, 11) is 0. The van der Waals surface area contributed by atoms with Crippen LogP contribution in [0.15, 0.2) is 11.6 Å². The molecule has 4 heteroatoms.